The molecule has 1 unspecified atom stereocenters. The van der Waals surface area contributed by atoms with Crippen LogP contribution in [0.1, 0.15) is 18.9 Å². The molecule has 1 N–H and O–H groups in total. The van der Waals surface area contributed by atoms with Crippen molar-refractivity contribution in [3.8, 4) is 0 Å². The fourth-order valence-electron chi connectivity index (χ4n) is 3.16. The van der Waals surface area contributed by atoms with Crippen LogP contribution in [0.5, 0.6) is 0 Å². The summed E-state index contributed by atoms with van der Waals surface area (Å²) in [5.41, 5.74) is 0.811. The molecule has 0 saturated carbocycles. The van der Waals surface area contributed by atoms with Gasteiger partial charge in [0, 0.05) is 13.6 Å². The highest BCUT2D eigenvalue weighted by Crippen LogP contribution is 2.35. The van der Waals surface area contributed by atoms with E-state index in [9.17, 15) is 18.0 Å². The van der Waals surface area contributed by atoms with E-state index in [0.29, 0.717) is 6.42 Å². The van der Waals surface area contributed by atoms with Crippen molar-refractivity contribution in [2.75, 3.05) is 24.2 Å². The Kier molecular flexibility index (Phi) is 9.21. The molecule has 1 atom stereocenters. The van der Waals surface area contributed by atoms with Crippen molar-refractivity contribution in [2.45, 2.75) is 25.9 Å². The van der Waals surface area contributed by atoms with E-state index in [1.165, 1.54) is 24.1 Å². The van der Waals surface area contributed by atoms with Crippen molar-refractivity contribution in [3.63, 3.8) is 0 Å². The fourth-order valence-corrected chi connectivity index (χ4v) is 4.71. The van der Waals surface area contributed by atoms with Gasteiger partial charge in [-0.1, -0.05) is 72.1 Å². The normalized spacial score (nSPS) is 12.2. The second-order valence-electron chi connectivity index (χ2n) is 7.03. The first-order valence-electron chi connectivity index (χ1n) is 9.66. The third-order valence-corrected chi connectivity index (χ3v) is 6.92. The van der Waals surface area contributed by atoms with Gasteiger partial charge < -0.3 is 10.2 Å². The maximum Gasteiger partial charge on any atom is 0.244 e. The van der Waals surface area contributed by atoms with E-state index < -0.39 is 28.5 Å². The standard InChI is InChI=1S/C21H24Cl3N3O4S/c1-4-18(21(29)25-2)26(12-14-8-6-5-7-9-14)20(28)13-27(32(3,30)31)19-11-16(23)15(22)10-17(19)24/h5-11,18H,4,12-13H2,1-3H3,(H,25,29). The summed E-state index contributed by atoms with van der Waals surface area (Å²) in [7, 11) is -2.45. The van der Waals surface area contributed by atoms with Gasteiger partial charge in [0.05, 0.1) is 27.0 Å². The molecule has 2 rings (SSSR count). The molecule has 2 aromatic rings. The minimum absolute atomic E-state index is 0.0181. The predicted molar refractivity (Wildman–Crippen MR) is 129 cm³/mol. The summed E-state index contributed by atoms with van der Waals surface area (Å²) >= 11 is 18.2. The van der Waals surface area contributed by atoms with Crippen LogP contribution in [0.2, 0.25) is 15.1 Å². The van der Waals surface area contributed by atoms with Gasteiger partial charge in [0.15, 0.2) is 0 Å². The Bertz CT molecular complexity index is 1080. The van der Waals surface area contributed by atoms with Gasteiger partial charge in [-0.2, -0.15) is 0 Å². The summed E-state index contributed by atoms with van der Waals surface area (Å²) in [6.07, 6.45) is 1.29. The summed E-state index contributed by atoms with van der Waals surface area (Å²) in [5.74, 6) is -0.924. The molecule has 2 amide bonds. The van der Waals surface area contributed by atoms with Crippen LogP contribution in [0, 0.1) is 0 Å². The molecule has 0 aliphatic heterocycles. The topological polar surface area (TPSA) is 86.8 Å². The number of rotatable bonds is 9. The van der Waals surface area contributed by atoms with E-state index in [1.54, 1.807) is 6.92 Å². The number of carbonyl (C=O) groups excluding carboxylic acids is 2. The van der Waals surface area contributed by atoms with Crippen molar-refractivity contribution in [2.24, 2.45) is 0 Å². The molecule has 0 fully saturated rings. The van der Waals surface area contributed by atoms with Crippen LogP contribution in [0.25, 0.3) is 0 Å². The molecule has 0 bridgehead atoms. The van der Waals surface area contributed by atoms with Crippen LogP contribution >= 0.6 is 34.8 Å². The average Bonchev–Trinajstić information content (AvgIpc) is 2.74. The zero-order chi connectivity index (χ0) is 24.1. The molecular formula is C21H24Cl3N3O4S. The molecule has 11 heteroatoms. The smallest absolute Gasteiger partial charge is 0.244 e. The molecular weight excluding hydrogens is 497 g/mol. The third-order valence-electron chi connectivity index (χ3n) is 4.77. The number of halogens is 3. The molecule has 0 aromatic heterocycles. The lowest BCUT2D eigenvalue weighted by Gasteiger charge is -2.32. The van der Waals surface area contributed by atoms with Gasteiger partial charge in [-0.3, -0.25) is 13.9 Å². The summed E-state index contributed by atoms with van der Waals surface area (Å²) in [5, 5.41) is 2.81. The molecule has 32 heavy (non-hydrogen) atoms. The molecule has 0 heterocycles. The summed E-state index contributed by atoms with van der Waals surface area (Å²) < 4.78 is 26.0. The van der Waals surface area contributed by atoms with E-state index in [1.807, 2.05) is 30.3 Å². The van der Waals surface area contributed by atoms with Gasteiger partial charge in [0.1, 0.15) is 12.6 Å². The highest BCUT2D eigenvalue weighted by Gasteiger charge is 2.32. The lowest BCUT2D eigenvalue weighted by atomic mass is 10.1. The van der Waals surface area contributed by atoms with Crippen LogP contribution in [-0.2, 0) is 26.2 Å². The van der Waals surface area contributed by atoms with Crippen molar-refractivity contribution in [3.05, 3.63) is 63.1 Å². The quantitative estimate of drug-likeness (QED) is 0.507. The number of nitrogens with one attached hydrogen (secondary N) is 1. The number of carbonyl (C=O) groups is 2. The zero-order valence-electron chi connectivity index (χ0n) is 17.8. The van der Waals surface area contributed by atoms with E-state index in [0.717, 1.165) is 16.1 Å². The fraction of sp³-hybridized carbons (Fsp3) is 0.333. The Morgan fingerprint density at radius 1 is 1.03 bits per heavy atom. The first-order valence-corrected chi connectivity index (χ1v) is 12.6. The van der Waals surface area contributed by atoms with Crippen LogP contribution in [0.4, 0.5) is 5.69 Å². The molecule has 7 nitrogen and oxygen atoms in total. The zero-order valence-corrected chi connectivity index (χ0v) is 20.9. The molecule has 2 aromatic carbocycles. The number of hydrogen-bond acceptors (Lipinski definition) is 4. The largest absolute Gasteiger partial charge is 0.357 e. The van der Waals surface area contributed by atoms with Gasteiger partial charge >= 0.3 is 0 Å². The Morgan fingerprint density at radius 2 is 1.62 bits per heavy atom. The maximum atomic E-state index is 13.4. The highest BCUT2D eigenvalue weighted by atomic mass is 35.5. The van der Waals surface area contributed by atoms with E-state index in [2.05, 4.69) is 5.32 Å². The lowest BCUT2D eigenvalue weighted by Crippen LogP contribution is -2.51. The predicted octanol–water partition coefficient (Wildman–Crippen LogP) is 3.97. The Hall–Kier alpha value is -2.00. The van der Waals surface area contributed by atoms with E-state index >= 15 is 0 Å². The number of amides is 2. The van der Waals surface area contributed by atoms with Crippen LogP contribution in [-0.4, -0.2) is 51.0 Å². The minimum atomic E-state index is -3.93. The molecule has 0 aliphatic carbocycles. The summed E-state index contributed by atoms with van der Waals surface area (Å²) in [6, 6.07) is 10.9. The van der Waals surface area contributed by atoms with Crippen LogP contribution in [0.3, 0.4) is 0 Å². The summed E-state index contributed by atoms with van der Waals surface area (Å²) in [4.78, 5) is 27.2. The minimum Gasteiger partial charge on any atom is -0.357 e. The van der Waals surface area contributed by atoms with Gasteiger partial charge in [0.2, 0.25) is 21.8 Å². The second-order valence-corrected chi connectivity index (χ2v) is 10.2. The molecule has 0 aliphatic rings. The maximum absolute atomic E-state index is 13.4. The summed E-state index contributed by atoms with van der Waals surface area (Å²) in [6.45, 7) is 1.32. The second kappa shape index (κ2) is 11.2. The lowest BCUT2D eigenvalue weighted by molar-refractivity contribution is -0.140. The number of sulfonamides is 1. The van der Waals surface area contributed by atoms with Crippen LogP contribution < -0.4 is 9.62 Å². The Labute approximate surface area is 203 Å². The van der Waals surface area contributed by atoms with Gasteiger partial charge in [-0.15, -0.1) is 0 Å². The molecule has 0 radical (unpaired) electrons. The number of hydrogen-bond donors (Lipinski definition) is 1. The Balaban J connectivity index is 2.48. The number of nitrogens with zero attached hydrogens (tertiary/aromatic N) is 2. The average molecular weight is 521 g/mol. The monoisotopic (exact) mass is 519 g/mol. The highest BCUT2D eigenvalue weighted by molar-refractivity contribution is 7.92. The first-order chi connectivity index (χ1) is 15.0. The van der Waals surface area contributed by atoms with Crippen molar-refractivity contribution >= 4 is 62.3 Å². The Morgan fingerprint density at radius 3 is 2.16 bits per heavy atom. The number of anilines is 1. The molecule has 174 valence electrons. The van der Waals surface area contributed by atoms with Gasteiger partial charge in [0.25, 0.3) is 0 Å². The van der Waals surface area contributed by atoms with Crippen LogP contribution in [0.15, 0.2) is 42.5 Å². The van der Waals surface area contributed by atoms with Crippen molar-refractivity contribution < 1.29 is 18.0 Å². The number of benzene rings is 2. The van der Waals surface area contributed by atoms with Gasteiger partial charge in [-0.05, 0) is 24.1 Å². The SMILES string of the molecule is CCC(C(=O)NC)N(Cc1ccccc1)C(=O)CN(c1cc(Cl)c(Cl)cc1Cl)S(C)(=O)=O. The van der Waals surface area contributed by atoms with Crippen molar-refractivity contribution in [1.82, 2.24) is 10.2 Å². The van der Waals surface area contributed by atoms with E-state index in [-0.39, 0.29) is 33.2 Å². The number of likely N-dealkylation sites (N-methyl/N-ethyl adjacent to an activating group) is 1. The van der Waals surface area contributed by atoms with E-state index in [4.69, 9.17) is 34.8 Å². The molecule has 0 spiro atoms. The first kappa shape index (κ1) is 26.3. The third kappa shape index (κ3) is 6.51. The molecule has 0 saturated heterocycles. The van der Waals surface area contributed by atoms with Crippen molar-refractivity contribution in [1.29, 1.82) is 0 Å². The van der Waals surface area contributed by atoms with Gasteiger partial charge in [-0.25, -0.2) is 8.42 Å².